The number of benzene rings is 4. The highest BCUT2D eigenvalue weighted by atomic mass is 16.6. The molecule has 0 saturated carbocycles. The molecule has 2 saturated heterocycles. The summed E-state index contributed by atoms with van der Waals surface area (Å²) < 4.78 is 33.2. The zero-order valence-electron chi connectivity index (χ0n) is 29.1. The quantitative estimate of drug-likeness (QED) is 0.0716. The summed E-state index contributed by atoms with van der Waals surface area (Å²) >= 11 is 0. The summed E-state index contributed by atoms with van der Waals surface area (Å²) in [7, 11) is 0. The fraction of sp³-hybridized carbons (Fsp3) is 0.341. The fourth-order valence-corrected chi connectivity index (χ4v) is 7.07. The van der Waals surface area contributed by atoms with Gasteiger partial charge >= 0.3 is 11.7 Å². The maximum atomic E-state index is 13.5. The third-order valence-corrected chi connectivity index (χ3v) is 9.56. The molecule has 0 spiro atoms. The first-order valence-electron chi connectivity index (χ1n) is 17.5. The van der Waals surface area contributed by atoms with Crippen LogP contribution >= 0.6 is 0 Å². The minimum absolute atomic E-state index is 0.0658. The molecule has 0 aliphatic carbocycles. The summed E-state index contributed by atoms with van der Waals surface area (Å²) in [5.41, 5.74) is 11.3. The van der Waals surface area contributed by atoms with Crippen molar-refractivity contribution in [2.24, 2.45) is 11.1 Å². The standard InChI is InChI=1S/C41H44N4O7/c1-30-36(48-27-32-17-8-3-9-18-32)38(49-28-33-19-10-4-11-20-33)39(50-29-34-21-12-5-13-22-34)37(52-30)35-24-25-45(44-43-42)41(35,40(46)47)51-26-14-23-31-15-6-2-7-16-31/h2-23,30,35-39H,24-29H2,1H3,(H,46,47)/t30-,35?,36+,37-,38+,39+,41+/m0/s1. The monoisotopic (exact) mass is 704 g/mol. The summed E-state index contributed by atoms with van der Waals surface area (Å²) in [5, 5.41) is 16.0. The molecule has 11 nitrogen and oxygen atoms in total. The van der Waals surface area contributed by atoms with Crippen molar-refractivity contribution < 1.29 is 33.6 Å². The Kier molecular flexibility index (Phi) is 12.7. The molecule has 2 aliphatic rings. The summed E-state index contributed by atoms with van der Waals surface area (Å²) in [6.45, 7) is 2.76. The SMILES string of the molecule is C[C@@H]1O[C@@H](C2CCN(N=[N+]=[N-])[C@]2(OCC=Cc2ccccc2)C(=O)O)[C@@H](OCc2ccccc2)[C@H](OCc2ccccc2)[C@@H]1OCc1ccccc1. The summed E-state index contributed by atoms with van der Waals surface area (Å²) in [6, 6.07) is 39.1. The smallest absolute Gasteiger partial charge is 0.382 e. The number of carbonyl (C=O) groups is 1. The zero-order chi connectivity index (χ0) is 36.2. The van der Waals surface area contributed by atoms with Crippen LogP contribution in [0.25, 0.3) is 16.5 Å². The maximum absolute atomic E-state index is 13.5. The lowest BCUT2D eigenvalue weighted by Crippen LogP contribution is -2.66. The second-order valence-electron chi connectivity index (χ2n) is 12.9. The molecule has 2 aliphatic heterocycles. The number of nitrogens with zero attached hydrogens (tertiary/aromatic N) is 4. The van der Waals surface area contributed by atoms with Gasteiger partial charge in [0.2, 0.25) is 0 Å². The van der Waals surface area contributed by atoms with E-state index >= 15 is 0 Å². The largest absolute Gasteiger partial charge is 0.476 e. The first-order chi connectivity index (χ1) is 25.5. The number of azide groups is 1. The number of hydrogen-bond donors (Lipinski definition) is 1. The Morgan fingerprint density at radius 3 is 1.85 bits per heavy atom. The van der Waals surface area contributed by atoms with E-state index in [-0.39, 0.29) is 32.8 Å². The van der Waals surface area contributed by atoms with Gasteiger partial charge in [-0.3, -0.25) is 0 Å². The van der Waals surface area contributed by atoms with Gasteiger partial charge in [0, 0.05) is 0 Å². The summed E-state index contributed by atoms with van der Waals surface area (Å²) in [5.74, 6) is -2.13. The van der Waals surface area contributed by atoms with Gasteiger partial charge in [-0.05, 0) is 40.8 Å². The average molecular weight is 705 g/mol. The molecule has 1 N–H and O–H groups in total. The Hall–Kier alpha value is -5.00. The van der Waals surface area contributed by atoms with E-state index in [0.29, 0.717) is 6.61 Å². The van der Waals surface area contributed by atoms with Crippen LogP contribution < -0.4 is 0 Å². The Bertz CT molecular complexity index is 1780. The van der Waals surface area contributed by atoms with E-state index in [1.54, 1.807) is 6.08 Å². The minimum Gasteiger partial charge on any atom is -0.476 e. The molecule has 2 fully saturated rings. The molecular formula is C41H44N4O7. The Morgan fingerprint density at radius 2 is 1.33 bits per heavy atom. The highest BCUT2D eigenvalue weighted by Gasteiger charge is 2.66. The second kappa shape index (κ2) is 18.0. The van der Waals surface area contributed by atoms with E-state index in [1.807, 2.05) is 134 Å². The highest BCUT2D eigenvalue weighted by Crippen LogP contribution is 2.45. The zero-order valence-corrected chi connectivity index (χ0v) is 29.1. The molecule has 52 heavy (non-hydrogen) atoms. The molecule has 4 aromatic rings. The van der Waals surface area contributed by atoms with Gasteiger partial charge in [-0.15, -0.1) is 5.53 Å². The van der Waals surface area contributed by atoms with Crippen LogP contribution in [0.5, 0.6) is 0 Å². The van der Waals surface area contributed by atoms with Crippen molar-refractivity contribution in [3.63, 3.8) is 0 Å². The predicted octanol–water partition coefficient (Wildman–Crippen LogP) is 7.59. The van der Waals surface area contributed by atoms with Crippen molar-refractivity contribution in [2.45, 2.75) is 69.4 Å². The van der Waals surface area contributed by atoms with Gasteiger partial charge < -0.3 is 28.8 Å². The third-order valence-electron chi connectivity index (χ3n) is 9.56. The van der Waals surface area contributed by atoms with E-state index in [9.17, 15) is 15.4 Å². The van der Waals surface area contributed by atoms with Crippen LogP contribution in [0, 0.1) is 5.92 Å². The molecule has 0 amide bonds. The van der Waals surface area contributed by atoms with Crippen molar-refractivity contribution in [2.75, 3.05) is 13.2 Å². The first kappa shape index (κ1) is 36.8. The number of ether oxygens (including phenoxy) is 5. The second-order valence-corrected chi connectivity index (χ2v) is 12.9. The number of rotatable bonds is 16. The summed E-state index contributed by atoms with van der Waals surface area (Å²) in [4.78, 5) is 16.5. The maximum Gasteiger partial charge on any atom is 0.382 e. The van der Waals surface area contributed by atoms with Crippen LogP contribution in [0.4, 0.5) is 0 Å². The van der Waals surface area contributed by atoms with Crippen LogP contribution in [0.3, 0.4) is 0 Å². The topological polar surface area (TPSA) is 135 Å². The van der Waals surface area contributed by atoms with Crippen LogP contribution in [0.2, 0.25) is 0 Å². The summed E-state index contributed by atoms with van der Waals surface area (Å²) in [6.07, 6.45) is 0.425. The van der Waals surface area contributed by atoms with E-state index < -0.39 is 48.1 Å². The van der Waals surface area contributed by atoms with Gasteiger partial charge in [0.05, 0.1) is 51.1 Å². The van der Waals surface area contributed by atoms with Crippen LogP contribution in [0.15, 0.2) is 133 Å². The van der Waals surface area contributed by atoms with Gasteiger partial charge in [0.25, 0.3) is 0 Å². The average Bonchev–Trinajstić information content (AvgIpc) is 3.55. The lowest BCUT2D eigenvalue weighted by molar-refractivity contribution is -0.287. The van der Waals surface area contributed by atoms with E-state index in [1.165, 1.54) is 5.01 Å². The molecular weight excluding hydrogens is 660 g/mol. The van der Waals surface area contributed by atoms with Crippen molar-refractivity contribution in [3.8, 4) is 0 Å². The number of aliphatic carboxylic acids is 1. The lowest BCUT2D eigenvalue weighted by atomic mass is 9.81. The Morgan fingerprint density at radius 1 is 0.827 bits per heavy atom. The van der Waals surface area contributed by atoms with E-state index in [2.05, 4.69) is 10.1 Å². The van der Waals surface area contributed by atoms with Crippen LogP contribution in [-0.2, 0) is 48.3 Å². The van der Waals surface area contributed by atoms with Crippen molar-refractivity contribution in [1.29, 1.82) is 0 Å². The van der Waals surface area contributed by atoms with E-state index in [4.69, 9.17) is 23.7 Å². The predicted molar refractivity (Wildman–Crippen MR) is 195 cm³/mol. The van der Waals surface area contributed by atoms with Gasteiger partial charge in [0.1, 0.15) is 18.3 Å². The Balaban J connectivity index is 1.36. The molecule has 1 unspecified atom stereocenters. The first-order valence-corrected chi connectivity index (χ1v) is 17.5. The van der Waals surface area contributed by atoms with Crippen molar-refractivity contribution in [3.05, 3.63) is 160 Å². The van der Waals surface area contributed by atoms with Crippen molar-refractivity contribution >= 4 is 12.0 Å². The van der Waals surface area contributed by atoms with Crippen LogP contribution in [-0.4, -0.2) is 65.5 Å². The molecule has 0 radical (unpaired) electrons. The van der Waals surface area contributed by atoms with Gasteiger partial charge in [-0.25, -0.2) is 9.80 Å². The van der Waals surface area contributed by atoms with Crippen molar-refractivity contribution in [1.82, 2.24) is 5.01 Å². The lowest BCUT2D eigenvalue weighted by Gasteiger charge is -2.48. The molecule has 0 aromatic heterocycles. The normalized spacial score (nSPS) is 25.9. The number of carboxylic acids is 1. The molecule has 2 heterocycles. The molecule has 6 rings (SSSR count). The third kappa shape index (κ3) is 8.71. The molecule has 270 valence electrons. The minimum atomic E-state index is -2.06. The fourth-order valence-electron chi connectivity index (χ4n) is 7.07. The Labute approximate surface area is 303 Å². The van der Waals surface area contributed by atoms with E-state index in [0.717, 1.165) is 22.3 Å². The molecule has 0 bridgehead atoms. The van der Waals surface area contributed by atoms with Gasteiger partial charge in [-0.2, -0.15) is 4.91 Å². The molecule has 11 heteroatoms. The molecule has 4 aromatic carbocycles. The number of carboxylic acid groups (broad SMARTS) is 1. The van der Waals surface area contributed by atoms with Gasteiger partial charge in [-0.1, -0.05) is 133 Å². The van der Waals surface area contributed by atoms with Gasteiger partial charge in [0.15, 0.2) is 0 Å². The molecule has 7 atom stereocenters. The highest BCUT2D eigenvalue weighted by molar-refractivity contribution is 5.78. The van der Waals surface area contributed by atoms with Crippen LogP contribution in [0.1, 0.15) is 35.6 Å². The number of hydrogen-bond acceptors (Lipinski definition) is 7.